The molecule has 0 aliphatic heterocycles. The van der Waals surface area contributed by atoms with Crippen molar-refractivity contribution in [3.8, 4) is 34.3 Å². The molecule has 8 nitrogen and oxygen atoms in total. The summed E-state index contributed by atoms with van der Waals surface area (Å²) in [6.07, 6.45) is -1.56. The minimum Gasteiger partial charge on any atom is -0.414 e. The van der Waals surface area contributed by atoms with Gasteiger partial charge in [0, 0.05) is 36.3 Å². The van der Waals surface area contributed by atoms with Gasteiger partial charge >= 0.3 is 0 Å². The lowest BCUT2D eigenvalue weighted by atomic mass is 10.0. The summed E-state index contributed by atoms with van der Waals surface area (Å²) < 4.78 is 33.3. The zero-order chi connectivity index (χ0) is 22.8. The molecule has 0 aliphatic carbocycles. The van der Waals surface area contributed by atoms with E-state index in [2.05, 4.69) is 20.2 Å². The SMILES string of the molecule is CN(C)C(=O)c1ccc(-c2cnc(N)c(-c3nnc(-c4ccccc4)o3)n2)c(C(F)F)c1. The maximum atomic E-state index is 13.8. The van der Waals surface area contributed by atoms with E-state index in [1.54, 1.807) is 26.2 Å². The number of anilines is 1. The Bertz CT molecular complexity index is 1270. The van der Waals surface area contributed by atoms with Gasteiger partial charge in [0.05, 0.1) is 11.9 Å². The maximum absolute atomic E-state index is 13.8. The van der Waals surface area contributed by atoms with E-state index in [9.17, 15) is 13.6 Å². The Labute approximate surface area is 181 Å². The zero-order valence-corrected chi connectivity index (χ0v) is 17.2. The average Bonchev–Trinajstić information content (AvgIpc) is 3.29. The van der Waals surface area contributed by atoms with Gasteiger partial charge in [-0.3, -0.25) is 4.79 Å². The van der Waals surface area contributed by atoms with Crippen molar-refractivity contribution in [3.05, 3.63) is 65.9 Å². The number of nitrogen functional groups attached to an aromatic ring is 1. The molecule has 10 heteroatoms. The van der Waals surface area contributed by atoms with E-state index in [1.165, 1.54) is 23.2 Å². The van der Waals surface area contributed by atoms with E-state index < -0.39 is 6.43 Å². The number of amides is 1. The van der Waals surface area contributed by atoms with Gasteiger partial charge in [-0.25, -0.2) is 18.7 Å². The van der Waals surface area contributed by atoms with Gasteiger partial charge < -0.3 is 15.1 Å². The number of alkyl halides is 2. The van der Waals surface area contributed by atoms with Crippen molar-refractivity contribution in [3.63, 3.8) is 0 Å². The molecule has 0 radical (unpaired) electrons. The number of hydrogen-bond acceptors (Lipinski definition) is 7. The molecule has 1 amide bonds. The summed E-state index contributed by atoms with van der Waals surface area (Å²) in [6, 6.07) is 13.1. The fourth-order valence-electron chi connectivity index (χ4n) is 3.07. The number of halogens is 2. The number of hydrogen-bond donors (Lipinski definition) is 1. The summed E-state index contributed by atoms with van der Waals surface area (Å²) in [5.74, 6) is -0.113. The molecule has 0 saturated heterocycles. The Kier molecular flexibility index (Phi) is 5.59. The van der Waals surface area contributed by atoms with Crippen LogP contribution in [0.5, 0.6) is 0 Å². The quantitative estimate of drug-likeness (QED) is 0.502. The third kappa shape index (κ3) is 4.02. The highest BCUT2D eigenvalue weighted by Crippen LogP contribution is 2.33. The smallest absolute Gasteiger partial charge is 0.270 e. The second kappa shape index (κ2) is 8.50. The first-order valence-corrected chi connectivity index (χ1v) is 9.51. The predicted octanol–water partition coefficient (Wildman–Crippen LogP) is 4.08. The highest BCUT2D eigenvalue weighted by Gasteiger charge is 2.22. The predicted molar refractivity (Wildman–Crippen MR) is 114 cm³/mol. The maximum Gasteiger partial charge on any atom is 0.270 e. The molecule has 2 aromatic carbocycles. The molecule has 0 aliphatic rings. The van der Waals surface area contributed by atoms with Crippen LogP contribution in [0.4, 0.5) is 14.6 Å². The summed E-state index contributed by atoms with van der Waals surface area (Å²) in [6.45, 7) is 0. The van der Waals surface area contributed by atoms with Gasteiger partial charge in [-0.15, -0.1) is 10.2 Å². The van der Waals surface area contributed by atoms with Gasteiger partial charge in [0.2, 0.25) is 5.89 Å². The number of carbonyl (C=O) groups is 1. The second-order valence-electron chi connectivity index (χ2n) is 7.07. The second-order valence-corrected chi connectivity index (χ2v) is 7.07. The monoisotopic (exact) mass is 436 g/mol. The van der Waals surface area contributed by atoms with Crippen LogP contribution >= 0.6 is 0 Å². The molecule has 0 spiro atoms. The fourth-order valence-corrected chi connectivity index (χ4v) is 3.07. The molecule has 162 valence electrons. The first kappa shape index (κ1) is 21.0. The van der Waals surface area contributed by atoms with Crippen molar-refractivity contribution in [2.75, 3.05) is 19.8 Å². The lowest BCUT2D eigenvalue weighted by Gasteiger charge is -2.14. The molecular weight excluding hydrogens is 418 g/mol. The molecular formula is C22H18F2N6O2. The lowest BCUT2D eigenvalue weighted by Crippen LogP contribution is -2.21. The van der Waals surface area contributed by atoms with Crippen LogP contribution in [-0.4, -0.2) is 45.1 Å². The number of rotatable bonds is 5. The third-order valence-electron chi connectivity index (χ3n) is 4.66. The van der Waals surface area contributed by atoms with Crippen molar-refractivity contribution in [2.24, 2.45) is 0 Å². The summed E-state index contributed by atoms with van der Waals surface area (Å²) in [4.78, 5) is 21.9. The van der Waals surface area contributed by atoms with Crippen LogP contribution in [0.1, 0.15) is 22.3 Å². The highest BCUT2D eigenvalue weighted by atomic mass is 19.3. The summed E-state index contributed by atoms with van der Waals surface area (Å²) in [5.41, 5.74) is 6.76. The Morgan fingerprint density at radius 2 is 1.78 bits per heavy atom. The molecule has 2 N–H and O–H groups in total. The van der Waals surface area contributed by atoms with Crippen LogP contribution in [0.2, 0.25) is 0 Å². The number of carbonyl (C=O) groups excluding carboxylic acids is 1. The van der Waals surface area contributed by atoms with E-state index in [0.29, 0.717) is 5.56 Å². The third-order valence-corrected chi connectivity index (χ3v) is 4.66. The normalized spacial score (nSPS) is 11.0. The Morgan fingerprint density at radius 3 is 2.47 bits per heavy atom. The summed E-state index contributed by atoms with van der Waals surface area (Å²) in [7, 11) is 3.09. The molecule has 0 saturated carbocycles. The molecule has 32 heavy (non-hydrogen) atoms. The largest absolute Gasteiger partial charge is 0.414 e. The molecule has 0 atom stereocenters. The van der Waals surface area contributed by atoms with Crippen molar-refractivity contribution in [1.82, 2.24) is 25.1 Å². The Balaban J connectivity index is 1.77. The van der Waals surface area contributed by atoms with Gasteiger partial charge in [-0.2, -0.15) is 0 Å². The Hall–Kier alpha value is -4.21. The van der Waals surface area contributed by atoms with Gasteiger partial charge in [-0.05, 0) is 24.3 Å². The number of benzene rings is 2. The van der Waals surface area contributed by atoms with Crippen LogP contribution in [-0.2, 0) is 0 Å². The first-order valence-electron chi connectivity index (χ1n) is 9.51. The van der Waals surface area contributed by atoms with Crippen LogP contribution in [0.15, 0.2) is 59.1 Å². The molecule has 0 unspecified atom stereocenters. The molecule has 2 aromatic heterocycles. The molecule has 2 heterocycles. The van der Waals surface area contributed by atoms with Crippen molar-refractivity contribution in [2.45, 2.75) is 6.43 Å². The molecule has 4 rings (SSSR count). The molecule has 0 bridgehead atoms. The average molecular weight is 436 g/mol. The number of nitrogens with two attached hydrogens (primary N) is 1. The fraction of sp³-hybridized carbons (Fsp3) is 0.136. The summed E-state index contributed by atoms with van der Waals surface area (Å²) >= 11 is 0. The van der Waals surface area contributed by atoms with Gasteiger partial charge in [0.1, 0.15) is 0 Å². The van der Waals surface area contributed by atoms with Crippen LogP contribution < -0.4 is 5.73 Å². The minimum atomic E-state index is -2.84. The van der Waals surface area contributed by atoms with E-state index in [4.69, 9.17) is 10.2 Å². The van der Waals surface area contributed by atoms with Crippen molar-refractivity contribution in [1.29, 1.82) is 0 Å². The number of aromatic nitrogens is 4. The molecule has 0 fully saturated rings. The van der Waals surface area contributed by atoms with Gasteiger partial charge in [0.15, 0.2) is 11.5 Å². The van der Waals surface area contributed by atoms with Crippen LogP contribution in [0.25, 0.3) is 34.3 Å². The molecule has 4 aromatic rings. The van der Waals surface area contributed by atoms with Gasteiger partial charge in [-0.1, -0.05) is 24.3 Å². The highest BCUT2D eigenvalue weighted by molar-refractivity contribution is 5.94. The van der Waals surface area contributed by atoms with Crippen LogP contribution in [0.3, 0.4) is 0 Å². The van der Waals surface area contributed by atoms with Crippen LogP contribution in [0, 0.1) is 0 Å². The minimum absolute atomic E-state index is 0.00806. The van der Waals surface area contributed by atoms with Crippen molar-refractivity contribution >= 4 is 11.7 Å². The number of nitrogens with zero attached hydrogens (tertiary/aromatic N) is 5. The van der Waals surface area contributed by atoms with E-state index >= 15 is 0 Å². The van der Waals surface area contributed by atoms with E-state index in [1.807, 2.05) is 18.2 Å². The topological polar surface area (TPSA) is 111 Å². The van der Waals surface area contributed by atoms with Gasteiger partial charge in [0.25, 0.3) is 18.2 Å². The van der Waals surface area contributed by atoms with Crippen molar-refractivity contribution < 1.29 is 18.0 Å². The van der Waals surface area contributed by atoms with E-state index in [-0.39, 0.29) is 51.6 Å². The zero-order valence-electron chi connectivity index (χ0n) is 17.2. The standard InChI is InChI=1S/C22H18F2N6O2/c1-30(2)22(31)13-8-9-14(15(10-13)18(23)24)16-11-26-19(25)17(27-16)21-29-28-20(32-21)12-6-4-3-5-7-12/h3-11,18H,1-2H3,(H2,25,26). The van der Waals surface area contributed by atoms with E-state index in [0.717, 1.165) is 6.07 Å². The Morgan fingerprint density at radius 1 is 1.06 bits per heavy atom. The lowest BCUT2D eigenvalue weighted by molar-refractivity contribution is 0.0827. The first-order chi connectivity index (χ1) is 15.3. The summed E-state index contributed by atoms with van der Waals surface area (Å²) in [5, 5.41) is 7.97.